The molecule has 204 valence electrons. The molecule has 0 bridgehead atoms. The predicted octanol–water partition coefficient (Wildman–Crippen LogP) is -1.16. The summed E-state index contributed by atoms with van der Waals surface area (Å²) in [6, 6.07) is 0. The van der Waals surface area contributed by atoms with Crippen LogP contribution in [0.2, 0.25) is 0 Å². The molecule has 3 atom stereocenters. The summed E-state index contributed by atoms with van der Waals surface area (Å²) in [5.74, 6) is 0. The topological polar surface area (TPSA) is 183 Å². The van der Waals surface area contributed by atoms with Crippen molar-refractivity contribution in [3.8, 4) is 0 Å². The molecule has 7 N–H and O–H groups in total. The Hall–Kier alpha value is -0.290. The normalized spacial score (nSPS) is 19.7. The maximum Gasteiger partial charge on any atom is 1.00 e. The van der Waals surface area contributed by atoms with Crippen LogP contribution in [0.5, 0.6) is 0 Å². The molecule has 2 aliphatic rings. The zero-order valence-corrected chi connectivity index (χ0v) is 26.5. The van der Waals surface area contributed by atoms with Crippen LogP contribution in [0, 0.1) is 18.4 Å². The number of nitrogens with two attached hydrogens (primary N) is 1. The second-order valence-corrected chi connectivity index (χ2v) is 14.4. The van der Waals surface area contributed by atoms with E-state index in [-0.39, 0.29) is 56.3 Å². The van der Waals surface area contributed by atoms with E-state index < -0.39 is 28.1 Å². The number of carbonyl (C=O) groups is 1. The number of hydrogen-bond acceptors (Lipinski definition) is 8. The zero-order valence-electron chi connectivity index (χ0n) is 22.8. The van der Waals surface area contributed by atoms with E-state index in [1.54, 1.807) is 0 Å². The smallest absolute Gasteiger partial charge is 0.512 e. The van der Waals surface area contributed by atoms with Crippen LogP contribution in [-0.2, 0) is 36.2 Å². The number of rotatable bonds is 10. The van der Waals surface area contributed by atoms with E-state index >= 15 is 0 Å². The third-order valence-corrected chi connectivity index (χ3v) is 8.53. The molecule has 0 radical (unpaired) electrons. The molecule has 0 saturated carbocycles. The Morgan fingerprint density at radius 1 is 0.972 bits per heavy atom. The molecule has 2 saturated heterocycles. The fourth-order valence-electron chi connectivity index (χ4n) is 2.73. The maximum atomic E-state index is 12.0. The van der Waals surface area contributed by atoms with E-state index in [4.69, 9.17) is 33.6 Å². The molecule has 0 aromatic rings. The number of hydrogen-bond donors (Lipinski definition) is 4. The van der Waals surface area contributed by atoms with Crippen LogP contribution in [-0.4, -0.2) is 67.9 Å². The van der Waals surface area contributed by atoms with E-state index in [0.29, 0.717) is 45.7 Å². The maximum absolute atomic E-state index is 12.0. The van der Waals surface area contributed by atoms with Crippen LogP contribution in [0.1, 0.15) is 67.2 Å². The summed E-state index contributed by atoms with van der Waals surface area (Å²) >= 11 is 0. The summed E-state index contributed by atoms with van der Waals surface area (Å²) in [6.45, 7) is 25.3. The summed E-state index contributed by atoms with van der Waals surface area (Å²) in [4.78, 5) is 13.6. The average Bonchev–Trinajstić information content (AvgIpc) is 2.71. The molecule has 2 fully saturated rings. The third-order valence-electron chi connectivity index (χ3n) is 5.07. The Balaban J connectivity index is -0.000000541. The molecule has 0 aromatic carbocycles. The molecule has 0 aromatic heterocycles. The first-order valence-electron chi connectivity index (χ1n) is 11.0. The molecule has 2 aliphatic heterocycles. The molecule has 0 amide bonds. The number of nitrogens with one attached hydrogen (secondary N) is 2. The first-order chi connectivity index (χ1) is 15.7. The van der Waals surface area contributed by atoms with Gasteiger partial charge < -0.3 is 32.3 Å². The van der Waals surface area contributed by atoms with Crippen LogP contribution in [0.4, 0.5) is 0 Å². The van der Waals surface area contributed by atoms with Gasteiger partial charge in [-0.1, -0.05) is 0 Å². The van der Waals surface area contributed by atoms with Gasteiger partial charge >= 0.3 is 29.6 Å². The van der Waals surface area contributed by atoms with E-state index in [1.165, 1.54) is 0 Å². The first-order valence-corrected chi connectivity index (χ1v) is 13.3. The zero-order chi connectivity index (χ0) is 26.6. The molecule has 2 heterocycles. The van der Waals surface area contributed by atoms with Gasteiger partial charge in [0.2, 0.25) is 0 Å². The van der Waals surface area contributed by atoms with Gasteiger partial charge in [-0.25, -0.2) is 24.4 Å². The number of ether oxygens (including phenoxy) is 2. The van der Waals surface area contributed by atoms with Crippen molar-refractivity contribution in [3.05, 3.63) is 18.0 Å². The summed E-state index contributed by atoms with van der Waals surface area (Å²) < 4.78 is 39.9. The predicted molar refractivity (Wildman–Crippen MR) is 138 cm³/mol. The van der Waals surface area contributed by atoms with Crippen molar-refractivity contribution >= 4 is 28.3 Å². The number of carbonyl (C=O) groups excluding carboxylic acids is 1. The van der Waals surface area contributed by atoms with E-state index in [0.717, 1.165) is 12.7 Å². The summed E-state index contributed by atoms with van der Waals surface area (Å²) in [5.41, 5.74) is 5.06. The van der Waals surface area contributed by atoms with Gasteiger partial charge in [0.25, 0.3) is 6.17 Å². The van der Waals surface area contributed by atoms with E-state index in [1.807, 2.05) is 41.5 Å². The van der Waals surface area contributed by atoms with Crippen LogP contribution >= 0.6 is 0 Å². The van der Waals surface area contributed by atoms with Crippen molar-refractivity contribution < 1.29 is 52.2 Å². The van der Waals surface area contributed by atoms with Gasteiger partial charge in [0.15, 0.2) is 0 Å². The van der Waals surface area contributed by atoms with Gasteiger partial charge in [0.05, 0.1) is 69.0 Å². The Morgan fingerprint density at radius 3 is 1.58 bits per heavy atom. The molecule has 0 aliphatic carbocycles. The van der Waals surface area contributed by atoms with Crippen molar-refractivity contribution in [2.45, 2.75) is 94.0 Å². The molecule has 0 spiro atoms. The Kier molecular flexibility index (Phi) is 20.2. The van der Waals surface area contributed by atoms with Gasteiger partial charge in [-0.3, -0.25) is 10.6 Å². The monoisotopic (exact) mass is 558 g/mol. The minimum absolute atomic E-state index is 0. The minimum Gasteiger partial charge on any atom is -0.512 e. The van der Waals surface area contributed by atoms with E-state index in [2.05, 4.69) is 14.3 Å². The quantitative estimate of drug-likeness (QED) is 0.147. The van der Waals surface area contributed by atoms with Gasteiger partial charge in [0.1, 0.15) is 6.29 Å². The van der Waals surface area contributed by atoms with Gasteiger partial charge in [-0.2, -0.15) is 0 Å². The fourth-order valence-corrected chi connectivity index (χ4v) is 4.57. The molecule has 36 heavy (non-hydrogen) atoms. The molecule has 14 heteroatoms. The van der Waals surface area contributed by atoms with Gasteiger partial charge in [0, 0.05) is 12.8 Å². The Morgan fingerprint density at radius 2 is 1.33 bits per heavy atom. The molecule has 11 nitrogen and oxygen atoms in total. The largest absolute Gasteiger partial charge is 1.00 e. The molecular formula is C22H43N6NaO5S2. The van der Waals surface area contributed by atoms with Crippen LogP contribution < -0.4 is 50.9 Å². The minimum atomic E-state index is -1.12. The Labute approximate surface area is 244 Å². The summed E-state index contributed by atoms with van der Waals surface area (Å²) in [7, 11) is -2.23. The number of nitrogens with zero attached hydrogens (tertiary/aromatic N) is 2. The SMILES string of the molecule is CC(C)(C)S(=O)NC1(CCC=O)COC1.N.[C-]#N.[C-]#[N+]C(N)CCC1(NS(=O)C(C)(C)C)COC1.[Na+]. The van der Waals surface area contributed by atoms with Crippen molar-refractivity contribution in [3.63, 3.8) is 0 Å². The van der Waals surface area contributed by atoms with Gasteiger partial charge in [-0.15, -0.1) is 0 Å². The third kappa shape index (κ3) is 14.0. The standard InChI is InChI=1S/C11H21N3O2S.C10H19NO3S.CN.H3N.Na/c1-10(2,3)17(15)14-11(7-16-8-11)6-5-9(12)13-4;1-9(2,3)15(13)11-10(5-4-6-12)7-14-8-10;1-2;;/h9,14H,5-8,12H2,1-3H3;6,11H,4-5,7-8H2,1-3H3;;1H3;/q;;-1;;+1. The Bertz CT molecular complexity index is 757. The van der Waals surface area contributed by atoms with Crippen molar-refractivity contribution in [2.24, 2.45) is 5.73 Å². The van der Waals surface area contributed by atoms with Crippen LogP contribution in [0.3, 0.4) is 0 Å². The first kappa shape index (κ1) is 40.2. The van der Waals surface area contributed by atoms with E-state index in [9.17, 15) is 13.2 Å². The molecule has 3 unspecified atom stereocenters. The summed E-state index contributed by atoms with van der Waals surface area (Å²) in [6.07, 6.45) is 2.91. The second kappa shape index (κ2) is 18.1. The van der Waals surface area contributed by atoms with Crippen molar-refractivity contribution in [2.75, 3.05) is 26.4 Å². The van der Waals surface area contributed by atoms with Crippen molar-refractivity contribution in [1.29, 1.82) is 5.26 Å². The molecule has 2 rings (SSSR count). The average molecular weight is 559 g/mol. The fraction of sp³-hybridized carbons (Fsp3) is 0.864. The van der Waals surface area contributed by atoms with Crippen molar-refractivity contribution in [1.82, 2.24) is 15.6 Å². The molecular weight excluding hydrogens is 515 g/mol. The second-order valence-electron chi connectivity index (χ2n) is 10.5. The summed E-state index contributed by atoms with van der Waals surface area (Å²) in [5, 5.41) is 6.25. The van der Waals surface area contributed by atoms with Crippen LogP contribution in [0.15, 0.2) is 0 Å². The van der Waals surface area contributed by atoms with Crippen LogP contribution in [0.25, 0.3) is 4.85 Å². The van der Waals surface area contributed by atoms with Gasteiger partial charge in [-0.05, 0) is 54.4 Å². The number of aldehydes is 1.